The van der Waals surface area contributed by atoms with Crippen molar-refractivity contribution in [1.82, 2.24) is 5.32 Å². The van der Waals surface area contributed by atoms with Crippen LogP contribution in [0.5, 0.6) is 0 Å². The molecule has 0 unspecified atom stereocenters. The zero-order chi connectivity index (χ0) is 15.7. The fourth-order valence-corrected chi connectivity index (χ4v) is 3.18. The number of nitrogens with one attached hydrogen (secondary N) is 1. The Labute approximate surface area is 129 Å². The summed E-state index contributed by atoms with van der Waals surface area (Å²) in [5, 5.41) is 14.1. The van der Waals surface area contributed by atoms with Gasteiger partial charge in [0, 0.05) is 18.1 Å². The van der Waals surface area contributed by atoms with Crippen LogP contribution in [-0.2, 0) is 4.74 Å². The molecule has 3 atom stereocenters. The molecule has 1 aromatic carbocycles. The number of para-hydroxylation sites is 1. The fraction of sp³-hybridized carbons (Fsp3) is 0.471. The molecule has 0 bridgehead atoms. The highest BCUT2D eigenvalue weighted by atomic mass is 16.5. The largest absolute Gasteiger partial charge is 0.451 e. The first-order valence-corrected chi connectivity index (χ1v) is 7.61. The summed E-state index contributed by atoms with van der Waals surface area (Å²) >= 11 is 0. The highest BCUT2D eigenvalue weighted by molar-refractivity contribution is 5.99. The van der Waals surface area contributed by atoms with Crippen molar-refractivity contribution < 1.29 is 19.1 Å². The van der Waals surface area contributed by atoms with Crippen LogP contribution in [0.4, 0.5) is 0 Å². The number of aliphatic hydroxyl groups is 1. The molecular weight excluding hydrogens is 282 g/mol. The van der Waals surface area contributed by atoms with Crippen LogP contribution >= 0.6 is 0 Å². The van der Waals surface area contributed by atoms with Crippen LogP contribution in [0.1, 0.15) is 35.4 Å². The summed E-state index contributed by atoms with van der Waals surface area (Å²) in [6.45, 7) is 1.87. The maximum absolute atomic E-state index is 12.5. The van der Waals surface area contributed by atoms with Gasteiger partial charge in [-0.3, -0.25) is 4.79 Å². The van der Waals surface area contributed by atoms with E-state index in [4.69, 9.17) is 9.15 Å². The van der Waals surface area contributed by atoms with Crippen LogP contribution in [0.25, 0.3) is 11.0 Å². The first kappa shape index (κ1) is 15.1. The standard InChI is InChI=1S/C17H21NO4/c1-10-11-6-3-4-8-13(11)22-16(10)17(20)18-12-7-5-9-14(21-2)15(12)19/h3-4,6,8,12,14-15,19H,5,7,9H2,1-2H3,(H,18,20)/t12-,14-,15-/m1/s1. The summed E-state index contributed by atoms with van der Waals surface area (Å²) in [4.78, 5) is 12.5. The summed E-state index contributed by atoms with van der Waals surface area (Å²) in [7, 11) is 1.58. The Bertz CT molecular complexity index is 678. The van der Waals surface area contributed by atoms with E-state index in [1.807, 2.05) is 31.2 Å². The third-order valence-electron chi connectivity index (χ3n) is 4.47. The minimum atomic E-state index is -0.688. The van der Waals surface area contributed by atoms with Gasteiger partial charge in [0.05, 0.1) is 12.1 Å². The highest BCUT2D eigenvalue weighted by Crippen LogP contribution is 2.26. The monoisotopic (exact) mass is 303 g/mol. The second-order valence-electron chi connectivity index (χ2n) is 5.83. The molecule has 2 aromatic rings. The molecule has 5 nitrogen and oxygen atoms in total. The van der Waals surface area contributed by atoms with Crippen molar-refractivity contribution in [2.45, 2.75) is 44.4 Å². The van der Waals surface area contributed by atoms with Gasteiger partial charge >= 0.3 is 0 Å². The first-order chi connectivity index (χ1) is 10.6. The lowest BCUT2D eigenvalue weighted by atomic mass is 9.90. The molecule has 5 heteroatoms. The van der Waals surface area contributed by atoms with E-state index < -0.39 is 6.10 Å². The van der Waals surface area contributed by atoms with Crippen LogP contribution < -0.4 is 5.32 Å². The lowest BCUT2D eigenvalue weighted by Crippen LogP contribution is -2.51. The second kappa shape index (κ2) is 6.10. The summed E-state index contributed by atoms with van der Waals surface area (Å²) in [5.41, 5.74) is 1.52. The SMILES string of the molecule is CO[C@@H]1CCC[C@@H](NC(=O)c2oc3ccccc3c2C)[C@H]1O. The Morgan fingerprint density at radius 2 is 2.14 bits per heavy atom. The number of carbonyl (C=O) groups is 1. The molecule has 1 amide bonds. The van der Waals surface area contributed by atoms with Gasteiger partial charge in [0.2, 0.25) is 0 Å². The molecule has 1 fully saturated rings. The van der Waals surface area contributed by atoms with Gasteiger partial charge in [-0.05, 0) is 32.3 Å². The topological polar surface area (TPSA) is 71.7 Å². The van der Waals surface area contributed by atoms with Crippen molar-refractivity contribution in [2.75, 3.05) is 7.11 Å². The van der Waals surface area contributed by atoms with E-state index in [0.717, 1.165) is 30.2 Å². The van der Waals surface area contributed by atoms with E-state index in [-0.39, 0.29) is 18.1 Å². The Hall–Kier alpha value is -1.85. The fourth-order valence-electron chi connectivity index (χ4n) is 3.18. The van der Waals surface area contributed by atoms with E-state index in [1.54, 1.807) is 7.11 Å². The predicted octanol–water partition coefficient (Wildman–Crippen LogP) is 2.40. The number of furan rings is 1. The molecule has 1 aliphatic rings. The molecule has 0 radical (unpaired) electrons. The van der Waals surface area contributed by atoms with E-state index in [2.05, 4.69) is 5.32 Å². The molecule has 2 N–H and O–H groups in total. The number of carbonyl (C=O) groups excluding carboxylic acids is 1. The summed E-state index contributed by atoms with van der Waals surface area (Å²) in [5.74, 6) is 0.0300. The minimum Gasteiger partial charge on any atom is -0.451 e. The molecule has 1 aliphatic carbocycles. The highest BCUT2D eigenvalue weighted by Gasteiger charge is 2.33. The van der Waals surface area contributed by atoms with E-state index >= 15 is 0 Å². The number of ether oxygens (including phenoxy) is 1. The number of fused-ring (bicyclic) bond motifs is 1. The van der Waals surface area contributed by atoms with Gasteiger partial charge in [-0.2, -0.15) is 0 Å². The third-order valence-corrected chi connectivity index (χ3v) is 4.47. The molecule has 0 aliphatic heterocycles. The number of rotatable bonds is 3. The second-order valence-corrected chi connectivity index (χ2v) is 5.83. The van der Waals surface area contributed by atoms with Crippen molar-refractivity contribution in [2.24, 2.45) is 0 Å². The Kier molecular flexibility index (Phi) is 4.18. The summed E-state index contributed by atoms with van der Waals surface area (Å²) in [6, 6.07) is 7.26. The average Bonchev–Trinajstić information content (AvgIpc) is 2.87. The number of amides is 1. The van der Waals surface area contributed by atoms with Crippen molar-refractivity contribution in [3.8, 4) is 0 Å². The average molecular weight is 303 g/mol. The van der Waals surface area contributed by atoms with Crippen molar-refractivity contribution >= 4 is 16.9 Å². The van der Waals surface area contributed by atoms with Crippen LogP contribution in [-0.4, -0.2) is 36.4 Å². The quantitative estimate of drug-likeness (QED) is 0.913. The normalized spacial score (nSPS) is 25.3. The molecular formula is C17H21NO4. The molecule has 118 valence electrons. The van der Waals surface area contributed by atoms with Gasteiger partial charge in [-0.1, -0.05) is 18.2 Å². The maximum Gasteiger partial charge on any atom is 0.287 e. The van der Waals surface area contributed by atoms with Crippen LogP contribution in [0.15, 0.2) is 28.7 Å². The Balaban J connectivity index is 1.80. The molecule has 1 saturated carbocycles. The number of methoxy groups -OCH3 is 1. The zero-order valence-corrected chi connectivity index (χ0v) is 12.8. The number of benzene rings is 1. The van der Waals surface area contributed by atoms with Gasteiger partial charge in [-0.25, -0.2) is 0 Å². The van der Waals surface area contributed by atoms with Crippen LogP contribution in [0.3, 0.4) is 0 Å². The van der Waals surface area contributed by atoms with E-state index in [0.29, 0.717) is 11.3 Å². The van der Waals surface area contributed by atoms with Gasteiger partial charge < -0.3 is 19.6 Å². The molecule has 0 spiro atoms. The number of aliphatic hydroxyl groups excluding tert-OH is 1. The Morgan fingerprint density at radius 1 is 1.36 bits per heavy atom. The van der Waals surface area contributed by atoms with Crippen molar-refractivity contribution in [3.05, 3.63) is 35.6 Å². The lowest BCUT2D eigenvalue weighted by molar-refractivity contribution is -0.0514. The molecule has 1 aromatic heterocycles. The van der Waals surface area contributed by atoms with Gasteiger partial charge in [0.1, 0.15) is 11.7 Å². The molecule has 3 rings (SSSR count). The Morgan fingerprint density at radius 3 is 2.86 bits per heavy atom. The van der Waals surface area contributed by atoms with E-state index in [1.165, 1.54) is 0 Å². The van der Waals surface area contributed by atoms with Crippen molar-refractivity contribution in [1.29, 1.82) is 0 Å². The number of hydrogen-bond donors (Lipinski definition) is 2. The van der Waals surface area contributed by atoms with Crippen molar-refractivity contribution in [3.63, 3.8) is 0 Å². The zero-order valence-electron chi connectivity index (χ0n) is 12.8. The van der Waals surface area contributed by atoms with Crippen LogP contribution in [0.2, 0.25) is 0 Å². The first-order valence-electron chi connectivity index (χ1n) is 7.61. The maximum atomic E-state index is 12.5. The number of hydrogen-bond acceptors (Lipinski definition) is 4. The smallest absolute Gasteiger partial charge is 0.287 e. The molecule has 0 saturated heterocycles. The summed E-state index contributed by atoms with van der Waals surface area (Å²) in [6.07, 6.45) is 1.56. The third kappa shape index (κ3) is 2.62. The van der Waals surface area contributed by atoms with Gasteiger partial charge in [0.25, 0.3) is 5.91 Å². The molecule has 1 heterocycles. The summed E-state index contributed by atoms with van der Waals surface area (Å²) < 4.78 is 10.9. The van der Waals surface area contributed by atoms with Gasteiger partial charge in [-0.15, -0.1) is 0 Å². The number of aryl methyl sites for hydroxylation is 1. The predicted molar refractivity (Wildman–Crippen MR) is 82.9 cm³/mol. The van der Waals surface area contributed by atoms with E-state index in [9.17, 15) is 9.90 Å². The van der Waals surface area contributed by atoms with Gasteiger partial charge in [0.15, 0.2) is 5.76 Å². The molecule has 22 heavy (non-hydrogen) atoms. The van der Waals surface area contributed by atoms with Crippen LogP contribution in [0, 0.1) is 6.92 Å². The lowest BCUT2D eigenvalue weighted by Gasteiger charge is -2.34. The minimum absolute atomic E-state index is 0.226.